The average Bonchev–Trinajstić information content (AvgIpc) is 2.88. The first-order chi connectivity index (χ1) is 17.2. The van der Waals surface area contributed by atoms with Crippen molar-refractivity contribution in [3.8, 4) is 17.2 Å². The molecule has 0 fully saturated rings. The molecule has 0 saturated carbocycles. The fourth-order valence-corrected chi connectivity index (χ4v) is 4.58. The van der Waals surface area contributed by atoms with Crippen LogP contribution in [-0.4, -0.2) is 47.3 Å². The summed E-state index contributed by atoms with van der Waals surface area (Å²) < 4.78 is 43.4. The highest BCUT2D eigenvalue weighted by atomic mass is 32.2. The standard InChI is InChI=1S/C25H25N3O7S/c1-18(29)35-21-11-9-19(10-12-21)16-26-27-25(30)17-28(20-7-5-4-6-8-20)36(31,32)22-13-14-23(33-2)24(15-22)34-3/h4-16H,17H2,1-3H3,(H,27,30)/b26-16-. The average molecular weight is 512 g/mol. The lowest BCUT2D eigenvalue weighted by Crippen LogP contribution is -2.39. The zero-order valence-corrected chi connectivity index (χ0v) is 20.7. The molecule has 10 nitrogen and oxygen atoms in total. The Balaban J connectivity index is 1.79. The number of sulfonamides is 1. The van der Waals surface area contributed by atoms with E-state index in [1.54, 1.807) is 54.6 Å². The van der Waals surface area contributed by atoms with Crippen molar-refractivity contribution in [1.29, 1.82) is 0 Å². The lowest BCUT2D eigenvalue weighted by atomic mass is 10.2. The number of nitrogens with one attached hydrogen (secondary N) is 1. The maximum absolute atomic E-state index is 13.5. The van der Waals surface area contributed by atoms with E-state index >= 15 is 0 Å². The van der Waals surface area contributed by atoms with E-state index in [1.165, 1.54) is 45.6 Å². The number of ether oxygens (including phenoxy) is 3. The summed E-state index contributed by atoms with van der Waals surface area (Å²) in [6, 6.07) is 18.9. The van der Waals surface area contributed by atoms with Crippen LogP contribution < -0.4 is 23.9 Å². The van der Waals surface area contributed by atoms with Crippen molar-refractivity contribution in [2.45, 2.75) is 11.8 Å². The third-order valence-corrected chi connectivity index (χ3v) is 6.59. The van der Waals surface area contributed by atoms with Crippen LogP contribution in [0.2, 0.25) is 0 Å². The van der Waals surface area contributed by atoms with E-state index in [4.69, 9.17) is 14.2 Å². The molecule has 36 heavy (non-hydrogen) atoms. The molecule has 3 aromatic carbocycles. The van der Waals surface area contributed by atoms with Gasteiger partial charge in [0.2, 0.25) is 0 Å². The molecule has 0 heterocycles. The summed E-state index contributed by atoms with van der Waals surface area (Å²) in [5, 5.41) is 3.89. The van der Waals surface area contributed by atoms with E-state index in [9.17, 15) is 18.0 Å². The number of hydrazone groups is 1. The molecule has 0 aliphatic carbocycles. The molecular weight excluding hydrogens is 486 g/mol. The van der Waals surface area contributed by atoms with Gasteiger partial charge in [0.25, 0.3) is 15.9 Å². The number of methoxy groups -OCH3 is 2. The molecule has 188 valence electrons. The molecule has 1 N–H and O–H groups in total. The maximum atomic E-state index is 13.5. The Bertz CT molecular complexity index is 1340. The number of amides is 1. The zero-order valence-electron chi connectivity index (χ0n) is 19.9. The Hall–Kier alpha value is -4.38. The highest BCUT2D eigenvalue weighted by Gasteiger charge is 2.28. The number of hydrogen-bond donors (Lipinski definition) is 1. The topological polar surface area (TPSA) is 124 Å². The highest BCUT2D eigenvalue weighted by molar-refractivity contribution is 7.92. The third-order valence-electron chi connectivity index (χ3n) is 4.82. The van der Waals surface area contributed by atoms with Gasteiger partial charge in [-0.25, -0.2) is 13.8 Å². The number of nitrogens with zero attached hydrogens (tertiary/aromatic N) is 2. The number of hydrogen-bond acceptors (Lipinski definition) is 8. The highest BCUT2D eigenvalue weighted by Crippen LogP contribution is 2.32. The number of esters is 1. The Morgan fingerprint density at radius 1 is 0.944 bits per heavy atom. The molecule has 0 aliphatic heterocycles. The van der Waals surface area contributed by atoms with Gasteiger partial charge in [0.05, 0.1) is 31.0 Å². The molecule has 0 bridgehead atoms. The minimum atomic E-state index is -4.16. The van der Waals surface area contributed by atoms with Crippen molar-refractivity contribution in [1.82, 2.24) is 5.43 Å². The van der Waals surface area contributed by atoms with Crippen molar-refractivity contribution < 1.29 is 32.2 Å². The van der Waals surface area contributed by atoms with Gasteiger partial charge in [0, 0.05) is 13.0 Å². The second kappa shape index (κ2) is 11.8. The predicted molar refractivity (Wildman–Crippen MR) is 134 cm³/mol. The summed E-state index contributed by atoms with van der Waals surface area (Å²) in [7, 11) is -1.31. The number of carbonyl (C=O) groups is 2. The minimum absolute atomic E-state index is 0.0758. The normalized spacial score (nSPS) is 11.1. The van der Waals surface area contributed by atoms with Crippen LogP contribution in [0.15, 0.2) is 82.8 Å². The Morgan fingerprint density at radius 2 is 1.61 bits per heavy atom. The molecule has 11 heteroatoms. The molecule has 1 amide bonds. The van der Waals surface area contributed by atoms with Crippen LogP contribution in [0.1, 0.15) is 12.5 Å². The summed E-state index contributed by atoms with van der Waals surface area (Å²) in [5.74, 6) is -0.107. The summed E-state index contributed by atoms with van der Waals surface area (Å²) >= 11 is 0. The summed E-state index contributed by atoms with van der Waals surface area (Å²) in [6.45, 7) is 0.776. The maximum Gasteiger partial charge on any atom is 0.308 e. The first-order valence-electron chi connectivity index (χ1n) is 10.6. The van der Waals surface area contributed by atoms with Gasteiger partial charge in [-0.2, -0.15) is 5.10 Å². The fourth-order valence-electron chi connectivity index (χ4n) is 3.15. The number of carbonyl (C=O) groups excluding carboxylic acids is 2. The van der Waals surface area contributed by atoms with E-state index < -0.39 is 28.4 Å². The van der Waals surface area contributed by atoms with Gasteiger partial charge in [-0.05, 0) is 54.1 Å². The van der Waals surface area contributed by atoms with Crippen LogP contribution in [-0.2, 0) is 19.6 Å². The second-order valence-electron chi connectivity index (χ2n) is 7.32. The third kappa shape index (κ3) is 6.60. The Morgan fingerprint density at radius 3 is 2.22 bits per heavy atom. The first kappa shape index (κ1) is 26.2. The van der Waals surface area contributed by atoms with Crippen LogP contribution in [0.5, 0.6) is 17.2 Å². The van der Waals surface area contributed by atoms with Crippen LogP contribution in [0.4, 0.5) is 5.69 Å². The van der Waals surface area contributed by atoms with Crippen LogP contribution >= 0.6 is 0 Å². The van der Waals surface area contributed by atoms with Crippen LogP contribution in [0.25, 0.3) is 0 Å². The Labute approximate surface area is 209 Å². The smallest absolute Gasteiger partial charge is 0.308 e. The van der Waals surface area contributed by atoms with E-state index in [0.29, 0.717) is 22.7 Å². The van der Waals surface area contributed by atoms with E-state index in [-0.39, 0.29) is 10.6 Å². The molecule has 0 aliphatic rings. The molecule has 3 rings (SSSR count). The van der Waals surface area contributed by atoms with E-state index in [2.05, 4.69) is 10.5 Å². The molecule has 0 unspecified atom stereocenters. The molecule has 0 saturated heterocycles. The quantitative estimate of drug-likeness (QED) is 0.192. The lowest BCUT2D eigenvalue weighted by molar-refractivity contribution is -0.131. The van der Waals surface area contributed by atoms with Gasteiger partial charge in [0.1, 0.15) is 12.3 Å². The van der Waals surface area contributed by atoms with Gasteiger partial charge in [-0.1, -0.05) is 18.2 Å². The molecule has 0 radical (unpaired) electrons. The summed E-state index contributed by atoms with van der Waals surface area (Å²) in [6.07, 6.45) is 1.38. The number of benzene rings is 3. The molecule has 0 atom stereocenters. The minimum Gasteiger partial charge on any atom is -0.493 e. The zero-order chi connectivity index (χ0) is 26.1. The van der Waals surface area contributed by atoms with Crippen molar-refractivity contribution in [3.63, 3.8) is 0 Å². The van der Waals surface area contributed by atoms with Gasteiger partial charge in [-0.15, -0.1) is 0 Å². The van der Waals surface area contributed by atoms with Crippen LogP contribution in [0.3, 0.4) is 0 Å². The van der Waals surface area contributed by atoms with Crippen molar-refractivity contribution in [2.75, 3.05) is 25.1 Å². The lowest BCUT2D eigenvalue weighted by Gasteiger charge is -2.24. The molecule has 0 aromatic heterocycles. The summed E-state index contributed by atoms with van der Waals surface area (Å²) in [5.41, 5.74) is 3.26. The van der Waals surface area contributed by atoms with Crippen molar-refractivity contribution in [2.24, 2.45) is 5.10 Å². The van der Waals surface area contributed by atoms with Crippen LogP contribution in [0, 0.1) is 0 Å². The first-order valence-corrected chi connectivity index (χ1v) is 12.1. The van der Waals surface area contributed by atoms with Crippen molar-refractivity contribution in [3.05, 3.63) is 78.4 Å². The largest absolute Gasteiger partial charge is 0.493 e. The predicted octanol–water partition coefficient (Wildman–Crippen LogP) is 2.97. The SMILES string of the molecule is COc1ccc(S(=O)(=O)N(CC(=O)N/N=C\c2ccc(OC(C)=O)cc2)c2ccccc2)cc1OC. The second-order valence-corrected chi connectivity index (χ2v) is 9.18. The molecule has 0 spiro atoms. The van der Waals surface area contributed by atoms with Gasteiger partial charge in [0.15, 0.2) is 11.5 Å². The van der Waals surface area contributed by atoms with Gasteiger partial charge in [-0.3, -0.25) is 13.9 Å². The van der Waals surface area contributed by atoms with Crippen molar-refractivity contribution >= 4 is 33.8 Å². The van der Waals surface area contributed by atoms with E-state index in [1.807, 2.05) is 0 Å². The number of rotatable bonds is 10. The number of anilines is 1. The fraction of sp³-hybridized carbons (Fsp3) is 0.160. The number of para-hydroxylation sites is 1. The molecular formula is C25H25N3O7S. The van der Waals surface area contributed by atoms with Gasteiger partial charge >= 0.3 is 5.97 Å². The Kier molecular flexibility index (Phi) is 8.63. The summed E-state index contributed by atoms with van der Waals surface area (Å²) in [4.78, 5) is 23.6. The monoisotopic (exact) mass is 511 g/mol. The molecule has 3 aromatic rings. The van der Waals surface area contributed by atoms with Gasteiger partial charge < -0.3 is 14.2 Å². The van der Waals surface area contributed by atoms with E-state index in [0.717, 1.165) is 4.31 Å².